The number of rotatable bonds is 2. The fourth-order valence-electron chi connectivity index (χ4n) is 2.70. The summed E-state index contributed by atoms with van der Waals surface area (Å²) < 4.78 is 12.1. The number of fused-ring (bicyclic) bond motifs is 1. The number of nitrogens with one attached hydrogen (secondary N) is 1. The largest absolute Gasteiger partial charge is 0.454 e. The van der Waals surface area contributed by atoms with Crippen LogP contribution in [0.5, 0.6) is 11.5 Å². The minimum absolute atomic E-state index is 0.337. The molecule has 92 valence electrons. The van der Waals surface area contributed by atoms with Crippen LogP contribution in [0.3, 0.4) is 0 Å². The van der Waals surface area contributed by atoms with Crippen molar-refractivity contribution in [1.82, 2.24) is 5.32 Å². The van der Waals surface area contributed by atoms with Gasteiger partial charge in [-0.05, 0) is 58.4 Å². The van der Waals surface area contributed by atoms with E-state index in [4.69, 9.17) is 9.47 Å². The molecule has 0 aromatic heterocycles. The summed E-state index contributed by atoms with van der Waals surface area (Å²) in [6.07, 6.45) is 2.22. The van der Waals surface area contributed by atoms with E-state index in [1.54, 1.807) is 0 Å². The predicted molar refractivity (Wildman–Crippen MR) is 69.9 cm³/mol. The number of ether oxygens (including phenoxy) is 2. The summed E-state index contributed by atoms with van der Waals surface area (Å²) >= 11 is 3.66. The highest BCUT2D eigenvalue weighted by Crippen LogP contribution is 2.45. The molecular weight excluding hydrogens is 282 g/mol. The Morgan fingerprint density at radius 3 is 3.06 bits per heavy atom. The number of hydrogen-bond donors (Lipinski definition) is 1. The van der Waals surface area contributed by atoms with Crippen molar-refractivity contribution in [3.05, 3.63) is 21.7 Å². The lowest BCUT2D eigenvalue weighted by Crippen LogP contribution is -2.09. The molecule has 1 aromatic carbocycles. The van der Waals surface area contributed by atoms with Crippen LogP contribution in [0.2, 0.25) is 0 Å². The molecule has 0 spiro atoms. The number of hydrogen-bond acceptors (Lipinski definition) is 3. The maximum atomic E-state index is 5.51. The minimum atomic E-state index is 0.337. The van der Waals surface area contributed by atoms with Crippen molar-refractivity contribution in [2.75, 3.05) is 19.9 Å². The summed E-state index contributed by atoms with van der Waals surface area (Å²) in [7, 11) is 0. The molecular formula is C13H16BrNO2. The van der Waals surface area contributed by atoms with E-state index in [9.17, 15) is 0 Å². The lowest BCUT2D eigenvalue weighted by atomic mass is 9.92. The minimum Gasteiger partial charge on any atom is -0.454 e. The van der Waals surface area contributed by atoms with Gasteiger partial charge in [0.15, 0.2) is 11.5 Å². The van der Waals surface area contributed by atoms with Gasteiger partial charge in [-0.3, -0.25) is 0 Å². The van der Waals surface area contributed by atoms with Crippen molar-refractivity contribution in [2.45, 2.75) is 25.7 Å². The van der Waals surface area contributed by atoms with Gasteiger partial charge in [0.05, 0.1) is 4.47 Å². The van der Waals surface area contributed by atoms with Crippen LogP contribution in [0.4, 0.5) is 0 Å². The maximum absolute atomic E-state index is 5.51. The Morgan fingerprint density at radius 2 is 2.35 bits per heavy atom. The zero-order valence-corrected chi connectivity index (χ0v) is 11.5. The smallest absolute Gasteiger partial charge is 0.231 e. The second-order valence-corrected chi connectivity index (χ2v) is 5.33. The quantitative estimate of drug-likeness (QED) is 0.910. The molecule has 1 aromatic rings. The highest BCUT2D eigenvalue weighted by molar-refractivity contribution is 9.10. The van der Waals surface area contributed by atoms with Crippen molar-refractivity contribution < 1.29 is 9.47 Å². The molecule has 1 N–H and O–H groups in total. The van der Waals surface area contributed by atoms with Gasteiger partial charge >= 0.3 is 0 Å². The molecule has 3 rings (SSSR count). The number of halogens is 1. The molecule has 2 heterocycles. The molecule has 0 amide bonds. The molecule has 3 nitrogen and oxygen atoms in total. The van der Waals surface area contributed by atoms with Crippen molar-refractivity contribution in [2.24, 2.45) is 0 Å². The third kappa shape index (κ3) is 1.83. The fourth-order valence-corrected chi connectivity index (χ4v) is 3.52. The second kappa shape index (κ2) is 4.50. The Morgan fingerprint density at radius 1 is 1.47 bits per heavy atom. The third-order valence-corrected chi connectivity index (χ3v) is 4.43. The summed E-state index contributed by atoms with van der Waals surface area (Å²) in [6, 6.07) is 2.17. The Bertz CT molecular complexity index is 442. The lowest BCUT2D eigenvalue weighted by molar-refractivity contribution is 0.173. The van der Waals surface area contributed by atoms with Crippen molar-refractivity contribution in [1.29, 1.82) is 0 Å². The van der Waals surface area contributed by atoms with E-state index < -0.39 is 0 Å². The van der Waals surface area contributed by atoms with Gasteiger partial charge in [0, 0.05) is 6.54 Å². The van der Waals surface area contributed by atoms with Crippen LogP contribution in [-0.4, -0.2) is 19.9 Å². The average Bonchev–Trinajstić information content (AvgIpc) is 2.99. The molecule has 1 saturated heterocycles. The monoisotopic (exact) mass is 297 g/mol. The van der Waals surface area contributed by atoms with Gasteiger partial charge in [0.25, 0.3) is 0 Å². The molecule has 17 heavy (non-hydrogen) atoms. The number of benzene rings is 1. The van der Waals surface area contributed by atoms with Crippen LogP contribution >= 0.6 is 15.9 Å². The van der Waals surface area contributed by atoms with Gasteiger partial charge in [-0.15, -0.1) is 0 Å². The maximum Gasteiger partial charge on any atom is 0.231 e. The van der Waals surface area contributed by atoms with Gasteiger partial charge < -0.3 is 14.8 Å². The molecule has 0 bridgehead atoms. The van der Waals surface area contributed by atoms with Crippen LogP contribution in [0, 0.1) is 0 Å². The topological polar surface area (TPSA) is 30.5 Å². The third-order valence-electron chi connectivity index (χ3n) is 3.59. The summed E-state index contributed by atoms with van der Waals surface area (Å²) in [4.78, 5) is 0. The SMILES string of the molecule is CCc1c(C2CCNC2)cc2c(c1Br)OCO2. The molecule has 2 aliphatic rings. The van der Waals surface area contributed by atoms with E-state index in [-0.39, 0.29) is 0 Å². The highest BCUT2D eigenvalue weighted by Gasteiger charge is 2.27. The first kappa shape index (κ1) is 11.4. The Balaban J connectivity index is 2.10. The van der Waals surface area contributed by atoms with E-state index in [0.29, 0.717) is 12.7 Å². The van der Waals surface area contributed by atoms with E-state index in [0.717, 1.165) is 35.5 Å². The normalized spacial score (nSPS) is 22.1. The molecule has 1 fully saturated rings. The Labute approximate surface area is 110 Å². The van der Waals surface area contributed by atoms with Gasteiger partial charge in [-0.25, -0.2) is 0 Å². The first-order valence-corrected chi connectivity index (χ1v) is 6.92. The van der Waals surface area contributed by atoms with Crippen molar-refractivity contribution >= 4 is 15.9 Å². The summed E-state index contributed by atoms with van der Waals surface area (Å²) in [5.41, 5.74) is 2.77. The van der Waals surface area contributed by atoms with E-state index in [1.165, 1.54) is 17.5 Å². The van der Waals surface area contributed by atoms with Crippen molar-refractivity contribution in [3.8, 4) is 11.5 Å². The molecule has 4 heteroatoms. The van der Waals surface area contributed by atoms with Gasteiger partial charge in [-0.2, -0.15) is 0 Å². The molecule has 2 aliphatic heterocycles. The zero-order valence-electron chi connectivity index (χ0n) is 9.88. The first-order valence-electron chi connectivity index (χ1n) is 6.12. The molecule has 0 aliphatic carbocycles. The van der Waals surface area contributed by atoms with E-state index in [2.05, 4.69) is 34.2 Å². The van der Waals surface area contributed by atoms with E-state index in [1.807, 2.05) is 0 Å². The summed E-state index contributed by atoms with van der Waals surface area (Å²) in [5, 5.41) is 3.42. The first-order chi connectivity index (χ1) is 8.31. The Hall–Kier alpha value is -0.740. The van der Waals surface area contributed by atoms with Crippen molar-refractivity contribution in [3.63, 3.8) is 0 Å². The second-order valence-electron chi connectivity index (χ2n) is 4.54. The van der Waals surface area contributed by atoms with Gasteiger partial charge in [0.1, 0.15) is 0 Å². The van der Waals surface area contributed by atoms with Crippen LogP contribution in [0.1, 0.15) is 30.4 Å². The van der Waals surface area contributed by atoms with Crippen LogP contribution in [0.15, 0.2) is 10.5 Å². The lowest BCUT2D eigenvalue weighted by Gasteiger charge is -2.17. The molecule has 1 atom stereocenters. The predicted octanol–water partition coefficient (Wildman–Crippen LogP) is 2.82. The summed E-state index contributed by atoms with van der Waals surface area (Å²) in [6.45, 7) is 4.70. The standard InChI is InChI=1S/C13H16BrNO2/c1-2-9-10(8-3-4-15-6-8)5-11-13(12(9)14)17-7-16-11/h5,8,15H,2-4,6-7H2,1H3. The molecule has 0 radical (unpaired) electrons. The van der Waals surface area contributed by atoms with Crippen LogP contribution < -0.4 is 14.8 Å². The summed E-state index contributed by atoms with van der Waals surface area (Å²) in [5.74, 6) is 2.36. The molecule has 1 unspecified atom stereocenters. The van der Waals surface area contributed by atoms with Gasteiger partial charge in [0.2, 0.25) is 6.79 Å². The van der Waals surface area contributed by atoms with Crippen LogP contribution in [0.25, 0.3) is 0 Å². The van der Waals surface area contributed by atoms with Crippen LogP contribution in [-0.2, 0) is 6.42 Å². The highest BCUT2D eigenvalue weighted by atomic mass is 79.9. The Kier molecular flexibility index (Phi) is 3.01. The zero-order chi connectivity index (χ0) is 11.8. The molecule has 0 saturated carbocycles. The van der Waals surface area contributed by atoms with E-state index >= 15 is 0 Å². The average molecular weight is 298 g/mol. The van der Waals surface area contributed by atoms with Gasteiger partial charge in [-0.1, -0.05) is 6.92 Å². The fraction of sp³-hybridized carbons (Fsp3) is 0.538.